The fourth-order valence-electron chi connectivity index (χ4n) is 2.75. The molecule has 0 saturated carbocycles. The zero-order valence-electron chi connectivity index (χ0n) is 13.3. The number of likely N-dealkylation sites (tertiary alicyclic amines) is 1. The van der Waals surface area contributed by atoms with Crippen LogP contribution in [0.1, 0.15) is 12.0 Å². The number of ether oxygens (including phenoxy) is 1. The number of nitrogens with one attached hydrogen (secondary N) is 1. The van der Waals surface area contributed by atoms with Crippen LogP contribution in [0.4, 0.5) is 5.95 Å². The predicted octanol–water partition coefficient (Wildman–Crippen LogP) is 1.53. The third-order valence-corrected chi connectivity index (χ3v) is 4.00. The van der Waals surface area contributed by atoms with Crippen molar-refractivity contribution in [1.29, 1.82) is 0 Å². The molecule has 1 aliphatic heterocycles. The topological polar surface area (TPSA) is 70.5 Å². The molecule has 0 aliphatic carbocycles. The zero-order valence-corrected chi connectivity index (χ0v) is 13.3. The molecule has 0 bridgehead atoms. The van der Waals surface area contributed by atoms with Gasteiger partial charge in [-0.3, -0.25) is 4.90 Å². The first-order valence-corrected chi connectivity index (χ1v) is 7.78. The smallest absolute Gasteiger partial charge is 0.222 e. The van der Waals surface area contributed by atoms with Crippen LogP contribution >= 0.6 is 0 Å². The Labute approximate surface area is 136 Å². The number of hydrogen-bond donors (Lipinski definition) is 2. The summed E-state index contributed by atoms with van der Waals surface area (Å²) in [5.41, 5.74) is 0.235. The molecule has 1 aromatic carbocycles. The lowest BCUT2D eigenvalue weighted by Crippen LogP contribution is -2.39. The number of nitrogens with zero attached hydrogens (tertiary/aromatic N) is 3. The van der Waals surface area contributed by atoms with Gasteiger partial charge in [0.05, 0.1) is 0 Å². The predicted molar refractivity (Wildman–Crippen MR) is 88.4 cm³/mol. The van der Waals surface area contributed by atoms with Crippen molar-refractivity contribution >= 4 is 5.95 Å². The minimum Gasteiger partial charge on any atom is -0.491 e. The highest BCUT2D eigenvalue weighted by molar-refractivity contribution is 5.23. The molecule has 0 unspecified atom stereocenters. The molecule has 1 fully saturated rings. The summed E-state index contributed by atoms with van der Waals surface area (Å²) in [6.45, 7) is 2.47. The lowest BCUT2D eigenvalue weighted by molar-refractivity contribution is 0.00337. The van der Waals surface area contributed by atoms with E-state index in [-0.39, 0.29) is 0 Å². The number of benzene rings is 1. The van der Waals surface area contributed by atoms with Crippen molar-refractivity contribution in [2.75, 3.05) is 32.1 Å². The normalized spacial score (nSPS) is 21.3. The van der Waals surface area contributed by atoms with Crippen LogP contribution < -0.4 is 10.1 Å². The van der Waals surface area contributed by atoms with E-state index in [1.54, 1.807) is 7.05 Å². The van der Waals surface area contributed by atoms with Gasteiger partial charge in [-0.15, -0.1) is 0 Å². The first-order chi connectivity index (χ1) is 11.2. The standard InChI is InChI=1S/C17H22N4O2/c1-18-16-19-9-14(10-20-16)11-21-8-7-17(22,12-21)13-23-15-5-3-2-4-6-15/h2-6,9-10,22H,7-8,11-13H2,1H3,(H,18,19,20)/t17-/m0/s1. The van der Waals surface area contributed by atoms with Gasteiger partial charge < -0.3 is 15.2 Å². The van der Waals surface area contributed by atoms with E-state index in [9.17, 15) is 5.11 Å². The summed E-state index contributed by atoms with van der Waals surface area (Å²) in [4.78, 5) is 10.6. The van der Waals surface area contributed by atoms with Crippen molar-refractivity contribution in [1.82, 2.24) is 14.9 Å². The highest BCUT2D eigenvalue weighted by Gasteiger charge is 2.36. The number of hydrogen-bond acceptors (Lipinski definition) is 6. The summed E-state index contributed by atoms with van der Waals surface area (Å²) in [6.07, 6.45) is 4.34. The molecule has 1 aliphatic rings. The average molecular weight is 314 g/mol. The molecule has 6 heteroatoms. The Morgan fingerprint density at radius 1 is 1.26 bits per heavy atom. The van der Waals surface area contributed by atoms with Gasteiger partial charge in [-0.2, -0.15) is 0 Å². The number of β-amino-alcohol motifs (C(OH)–C–C–N with tert-alkyl or cyclic N) is 1. The van der Waals surface area contributed by atoms with Gasteiger partial charge in [0.25, 0.3) is 0 Å². The molecule has 122 valence electrons. The molecule has 2 N–H and O–H groups in total. The first kappa shape index (κ1) is 15.7. The van der Waals surface area contributed by atoms with Gasteiger partial charge >= 0.3 is 0 Å². The summed E-state index contributed by atoms with van der Waals surface area (Å²) in [5.74, 6) is 1.40. The zero-order chi connectivity index (χ0) is 16.1. The van der Waals surface area contributed by atoms with Crippen molar-refractivity contribution in [3.63, 3.8) is 0 Å². The summed E-state index contributed by atoms with van der Waals surface area (Å²) >= 11 is 0. The second-order valence-corrected chi connectivity index (χ2v) is 5.95. The van der Waals surface area contributed by atoms with Crippen molar-refractivity contribution in [3.05, 3.63) is 48.3 Å². The van der Waals surface area contributed by atoms with Gasteiger partial charge in [-0.1, -0.05) is 18.2 Å². The molecule has 6 nitrogen and oxygen atoms in total. The van der Waals surface area contributed by atoms with Crippen molar-refractivity contribution < 1.29 is 9.84 Å². The van der Waals surface area contributed by atoms with Crippen LogP contribution in [0.25, 0.3) is 0 Å². The van der Waals surface area contributed by atoms with Crippen LogP contribution in [0.15, 0.2) is 42.7 Å². The number of rotatable bonds is 6. The van der Waals surface area contributed by atoms with E-state index in [2.05, 4.69) is 20.2 Å². The van der Waals surface area contributed by atoms with E-state index < -0.39 is 5.60 Å². The lowest BCUT2D eigenvalue weighted by atomic mass is 10.1. The third kappa shape index (κ3) is 4.18. The Balaban J connectivity index is 1.52. The SMILES string of the molecule is CNc1ncc(CN2CC[C@@](O)(COc3ccccc3)C2)cn1. The number of para-hydroxylation sites is 1. The summed E-state index contributed by atoms with van der Waals surface area (Å²) < 4.78 is 5.71. The largest absolute Gasteiger partial charge is 0.491 e. The van der Waals surface area contributed by atoms with Gasteiger partial charge in [0.15, 0.2) is 0 Å². The summed E-state index contributed by atoms with van der Waals surface area (Å²) in [5, 5.41) is 13.6. The van der Waals surface area contributed by atoms with E-state index in [0.29, 0.717) is 25.5 Å². The molecule has 1 atom stereocenters. The molecule has 23 heavy (non-hydrogen) atoms. The molecule has 1 saturated heterocycles. The van der Waals surface area contributed by atoms with Crippen LogP contribution in [0.5, 0.6) is 5.75 Å². The lowest BCUT2D eigenvalue weighted by Gasteiger charge is -2.23. The summed E-state index contributed by atoms with van der Waals surface area (Å²) in [7, 11) is 1.79. The molecule has 2 aromatic rings. The molecule has 0 spiro atoms. The Morgan fingerprint density at radius 3 is 2.70 bits per heavy atom. The van der Waals surface area contributed by atoms with Crippen LogP contribution in [0, 0.1) is 0 Å². The number of aliphatic hydroxyl groups is 1. The maximum Gasteiger partial charge on any atom is 0.222 e. The van der Waals surface area contributed by atoms with Gasteiger partial charge in [-0.05, 0) is 18.6 Å². The van der Waals surface area contributed by atoms with Crippen LogP contribution in [-0.4, -0.2) is 52.3 Å². The fourth-order valence-corrected chi connectivity index (χ4v) is 2.75. The van der Waals surface area contributed by atoms with E-state index in [0.717, 1.165) is 24.4 Å². The second kappa shape index (κ2) is 6.93. The van der Waals surface area contributed by atoms with Crippen molar-refractivity contribution in [3.8, 4) is 5.75 Å². The molecule has 0 radical (unpaired) electrons. The summed E-state index contributed by atoms with van der Waals surface area (Å²) in [6, 6.07) is 9.60. The van der Waals surface area contributed by atoms with Crippen molar-refractivity contribution in [2.45, 2.75) is 18.6 Å². The second-order valence-electron chi connectivity index (χ2n) is 5.95. The Bertz CT molecular complexity index is 620. The number of aromatic nitrogens is 2. The average Bonchev–Trinajstić information content (AvgIpc) is 2.96. The third-order valence-electron chi connectivity index (χ3n) is 4.00. The van der Waals surface area contributed by atoms with Gasteiger partial charge in [-0.25, -0.2) is 9.97 Å². The minimum atomic E-state index is -0.804. The van der Waals surface area contributed by atoms with Crippen LogP contribution in [0.3, 0.4) is 0 Å². The molecule has 1 aromatic heterocycles. The van der Waals surface area contributed by atoms with E-state index in [1.165, 1.54) is 0 Å². The highest BCUT2D eigenvalue weighted by atomic mass is 16.5. The highest BCUT2D eigenvalue weighted by Crippen LogP contribution is 2.24. The van der Waals surface area contributed by atoms with Crippen LogP contribution in [-0.2, 0) is 6.54 Å². The van der Waals surface area contributed by atoms with Gasteiger partial charge in [0.1, 0.15) is 18.0 Å². The Morgan fingerprint density at radius 2 is 2.00 bits per heavy atom. The van der Waals surface area contributed by atoms with Crippen molar-refractivity contribution in [2.24, 2.45) is 0 Å². The maximum absolute atomic E-state index is 10.7. The monoisotopic (exact) mass is 314 g/mol. The van der Waals surface area contributed by atoms with E-state index >= 15 is 0 Å². The number of anilines is 1. The van der Waals surface area contributed by atoms with Gasteiger partial charge in [0, 0.05) is 44.6 Å². The van der Waals surface area contributed by atoms with Gasteiger partial charge in [0.2, 0.25) is 5.95 Å². The van der Waals surface area contributed by atoms with Crippen LogP contribution in [0.2, 0.25) is 0 Å². The Kier molecular flexibility index (Phi) is 4.73. The first-order valence-electron chi connectivity index (χ1n) is 7.78. The van der Waals surface area contributed by atoms with E-state index in [1.807, 2.05) is 42.7 Å². The molecule has 2 heterocycles. The Hall–Kier alpha value is -2.18. The molecule has 0 amide bonds. The molecular weight excluding hydrogens is 292 g/mol. The van der Waals surface area contributed by atoms with E-state index in [4.69, 9.17) is 4.74 Å². The molecular formula is C17H22N4O2. The maximum atomic E-state index is 10.7. The fraction of sp³-hybridized carbons (Fsp3) is 0.412. The quantitative estimate of drug-likeness (QED) is 0.843. The minimum absolute atomic E-state index is 0.308. The molecule has 3 rings (SSSR count).